The molecule has 0 saturated heterocycles. The molecule has 1 aromatic carbocycles. The van der Waals surface area contributed by atoms with Gasteiger partial charge in [-0.05, 0) is 44.5 Å². The highest BCUT2D eigenvalue weighted by Crippen LogP contribution is 2.15. The van der Waals surface area contributed by atoms with Gasteiger partial charge in [0.1, 0.15) is 5.75 Å². The molecule has 0 bridgehead atoms. The Hall–Kier alpha value is -1.46. The quantitative estimate of drug-likeness (QED) is 0.760. The smallest absolute Gasteiger partial charge is 0.119 e. The van der Waals surface area contributed by atoms with Gasteiger partial charge in [0.15, 0.2) is 0 Å². The van der Waals surface area contributed by atoms with Crippen LogP contribution in [0.5, 0.6) is 5.75 Å². The molecule has 1 rings (SSSR count). The average molecular weight is 231 g/mol. The summed E-state index contributed by atoms with van der Waals surface area (Å²) in [6.45, 7) is 1.89. The van der Waals surface area contributed by atoms with Crippen molar-refractivity contribution in [3.05, 3.63) is 29.8 Å². The monoisotopic (exact) mass is 231 g/mol. The second-order valence-electron chi connectivity index (χ2n) is 4.01. The molecule has 2 heteroatoms. The van der Waals surface area contributed by atoms with E-state index >= 15 is 0 Å². The van der Waals surface area contributed by atoms with Crippen molar-refractivity contribution in [3.8, 4) is 17.6 Å². The summed E-state index contributed by atoms with van der Waals surface area (Å²) < 4.78 is 5.23. The Bertz CT molecular complexity index is 389. The molecule has 0 aromatic heterocycles. The van der Waals surface area contributed by atoms with Gasteiger partial charge in [-0.1, -0.05) is 12.1 Å². The van der Waals surface area contributed by atoms with Gasteiger partial charge in [-0.15, -0.1) is 11.8 Å². The fourth-order valence-electron chi connectivity index (χ4n) is 1.80. The molecule has 0 heterocycles. The van der Waals surface area contributed by atoms with Gasteiger partial charge < -0.3 is 10.1 Å². The minimum atomic E-state index is 0.475. The number of hydrogen-bond donors (Lipinski definition) is 1. The minimum Gasteiger partial charge on any atom is -0.497 e. The zero-order chi connectivity index (χ0) is 12.5. The van der Waals surface area contributed by atoms with Crippen molar-refractivity contribution < 1.29 is 4.74 Å². The topological polar surface area (TPSA) is 21.3 Å². The zero-order valence-corrected chi connectivity index (χ0v) is 10.9. The van der Waals surface area contributed by atoms with Crippen molar-refractivity contribution in [1.29, 1.82) is 0 Å². The lowest BCUT2D eigenvalue weighted by Crippen LogP contribution is -2.27. The number of methoxy groups -OCH3 is 1. The van der Waals surface area contributed by atoms with Gasteiger partial charge in [-0.25, -0.2) is 0 Å². The SMILES string of the molecule is CC#CCCC(Cc1cccc(OC)c1)NC. The van der Waals surface area contributed by atoms with Crippen molar-refractivity contribution in [2.75, 3.05) is 14.2 Å². The third-order valence-electron chi connectivity index (χ3n) is 2.82. The molecule has 0 spiro atoms. The first kappa shape index (κ1) is 13.6. The predicted octanol–water partition coefficient (Wildman–Crippen LogP) is 2.63. The molecule has 1 atom stereocenters. The standard InChI is InChI=1S/C15H21NO/c1-4-5-6-9-14(16-2)11-13-8-7-10-15(12-13)17-3/h7-8,10,12,14,16H,6,9,11H2,1-3H3. The maximum Gasteiger partial charge on any atom is 0.119 e. The molecular weight excluding hydrogens is 210 g/mol. The third-order valence-corrected chi connectivity index (χ3v) is 2.82. The maximum atomic E-state index is 5.23. The number of benzene rings is 1. The van der Waals surface area contributed by atoms with Crippen molar-refractivity contribution in [2.45, 2.75) is 32.2 Å². The van der Waals surface area contributed by atoms with E-state index in [-0.39, 0.29) is 0 Å². The molecule has 1 aromatic rings. The third kappa shape index (κ3) is 4.93. The highest BCUT2D eigenvalue weighted by molar-refractivity contribution is 5.28. The molecule has 1 unspecified atom stereocenters. The first-order valence-electron chi connectivity index (χ1n) is 6.00. The Morgan fingerprint density at radius 3 is 2.88 bits per heavy atom. The molecule has 92 valence electrons. The Morgan fingerprint density at radius 1 is 1.41 bits per heavy atom. The lowest BCUT2D eigenvalue weighted by Gasteiger charge is -2.15. The van der Waals surface area contributed by atoms with E-state index in [0.717, 1.165) is 25.0 Å². The van der Waals surface area contributed by atoms with Crippen LogP contribution < -0.4 is 10.1 Å². The van der Waals surface area contributed by atoms with Crippen molar-refractivity contribution in [1.82, 2.24) is 5.32 Å². The molecule has 2 nitrogen and oxygen atoms in total. The predicted molar refractivity (Wildman–Crippen MR) is 72.2 cm³/mol. The first-order chi connectivity index (χ1) is 8.30. The van der Waals surface area contributed by atoms with Crippen molar-refractivity contribution in [3.63, 3.8) is 0 Å². The molecule has 0 saturated carbocycles. The Balaban J connectivity index is 2.55. The van der Waals surface area contributed by atoms with E-state index in [2.05, 4.69) is 29.3 Å². The second-order valence-corrected chi connectivity index (χ2v) is 4.01. The average Bonchev–Trinajstić information content (AvgIpc) is 2.38. The summed E-state index contributed by atoms with van der Waals surface area (Å²) in [4.78, 5) is 0. The fraction of sp³-hybridized carbons (Fsp3) is 0.467. The van der Waals surface area contributed by atoms with Crippen LogP contribution in [0.15, 0.2) is 24.3 Å². The summed E-state index contributed by atoms with van der Waals surface area (Å²) in [6, 6.07) is 8.71. The van der Waals surface area contributed by atoms with Crippen molar-refractivity contribution >= 4 is 0 Å². The Morgan fingerprint density at radius 2 is 2.24 bits per heavy atom. The minimum absolute atomic E-state index is 0.475. The molecule has 17 heavy (non-hydrogen) atoms. The van der Waals surface area contributed by atoms with Gasteiger partial charge in [0, 0.05) is 12.5 Å². The van der Waals surface area contributed by atoms with Gasteiger partial charge in [-0.3, -0.25) is 0 Å². The van der Waals surface area contributed by atoms with E-state index in [9.17, 15) is 0 Å². The lowest BCUT2D eigenvalue weighted by molar-refractivity contribution is 0.413. The maximum absolute atomic E-state index is 5.23. The van der Waals surface area contributed by atoms with Gasteiger partial charge in [-0.2, -0.15) is 0 Å². The summed E-state index contributed by atoms with van der Waals surface area (Å²) in [5.74, 6) is 6.96. The van der Waals surface area contributed by atoms with E-state index in [4.69, 9.17) is 4.74 Å². The van der Waals surface area contributed by atoms with E-state index in [0.29, 0.717) is 6.04 Å². The van der Waals surface area contributed by atoms with E-state index in [1.807, 2.05) is 26.1 Å². The zero-order valence-electron chi connectivity index (χ0n) is 10.9. The summed E-state index contributed by atoms with van der Waals surface area (Å²) in [5, 5.41) is 3.34. The van der Waals surface area contributed by atoms with Crippen LogP contribution >= 0.6 is 0 Å². The van der Waals surface area contributed by atoms with Crippen LogP contribution in [0, 0.1) is 11.8 Å². The van der Waals surface area contributed by atoms with Crippen molar-refractivity contribution in [2.24, 2.45) is 0 Å². The molecule has 0 aliphatic carbocycles. The summed E-state index contributed by atoms with van der Waals surface area (Å²) in [7, 11) is 3.70. The van der Waals surface area contributed by atoms with Crippen LogP contribution in [0.1, 0.15) is 25.3 Å². The van der Waals surface area contributed by atoms with Crippen LogP contribution in [0.4, 0.5) is 0 Å². The number of ether oxygens (including phenoxy) is 1. The number of rotatable bonds is 6. The van der Waals surface area contributed by atoms with E-state index < -0.39 is 0 Å². The van der Waals surface area contributed by atoms with Gasteiger partial charge in [0.25, 0.3) is 0 Å². The van der Waals surface area contributed by atoms with Gasteiger partial charge >= 0.3 is 0 Å². The first-order valence-corrected chi connectivity index (χ1v) is 6.00. The molecule has 0 aliphatic heterocycles. The number of hydrogen-bond acceptors (Lipinski definition) is 2. The van der Waals surface area contributed by atoms with E-state index in [1.165, 1.54) is 5.56 Å². The Labute approximate surface area is 104 Å². The van der Waals surface area contributed by atoms with E-state index in [1.54, 1.807) is 7.11 Å². The largest absolute Gasteiger partial charge is 0.497 e. The lowest BCUT2D eigenvalue weighted by atomic mass is 10.0. The van der Waals surface area contributed by atoms with Gasteiger partial charge in [0.05, 0.1) is 7.11 Å². The number of nitrogens with one attached hydrogen (secondary N) is 1. The van der Waals surface area contributed by atoms with Crippen LogP contribution in [-0.2, 0) is 6.42 Å². The summed E-state index contributed by atoms with van der Waals surface area (Å²) >= 11 is 0. The molecule has 0 amide bonds. The molecule has 0 radical (unpaired) electrons. The summed E-state index contributed by atoms with van der Waals surface area (Å²) in [6.07, 6.45) is 3.04. The molecular formula is C15H21NO. The summed E-state index contributed by atoms with van der Waals surface area (Å²) in [5.41, 5.74) is 1.30. The molecule has 0 fully saturated rings. The number of likely N-dealkylation sites (N-methyl/N-ethyl adjacent to an activating group) is 1. The highest BCUT2D eigenvalue weighted by Gasteiger charge is 2.06. The van der Waals surface area contributed by atoms with Crippen LogP contribution in [-0.4, -0.2) is 20.2 Å². The Kier molecular flexibility index (Phi) is 6.21. The van der Waals surface area contributed by atoms with Crippen LogP contribution in [0.3, 0.4) is 0 Å². The fourth-order valence-corrected chi connectivity index (χ4v) is 1.80. The highest BCUT2D eigenvalue weighted by atomic mass is 16.5. The molecule has 0 aliphatic rings. The van der Waals surface area contributed by atoms with Gasteiger partial charge in [0.2, 0.25) is 0 Å². The van der Waals surface area contributed by atoms with Crippen LogP contribution in [0.25, 0.3) is 0 Å². The second kappa shape index (κ2) is 7.76. The molecule has 1 N–H and O–H groups in total. The normalized spacial score (nSPS) is 11.5. The van der Waals surface area contributed by atoms with Crippen LogP contribution in [0.2, 0.25) is 0 Å².